The molecule has 13 nitrogen and oxygen atoms in total. The summed E-state index contributed by atoms with van der Waals surface area (Å²) in [5.74, 6) is -2.27. The van der Waals surface area contributed by atoms with Gasteiger partial charge in [-0.05, 0) is 54.7 Å². The Bertz CT molecular complexity index is 1560. The van der Waals surface area contributed by atoms with Crippen LogP contribution in [0.4, 0.5) is 0 Å². The number of carbonyl (C=O) groups excluding carboxylic acids is 4. The van der Waals surface area contributed by atoms with Crippen molar-refractivity contribution in [1.82, 2.24) is 21.1 Å². The number of fused-ring (bicyclic) bond motifs is 2. The minimum absolute atomic E-state index is 0.00945. The minimum atomic E-state index is -1.12. The number of carbonyl (C=O) groups is 4. The van der Waals surface area contributed by atoms with Gasteiger partial charge in [0.2, 0.25) is 11.8 Å². The largest absolute Gasteiger partial charge is 0.508 e. The van der Waals surface area contributed by atoms with Crippen LogP contribution in [-0.4, -0.2) is 98.6 Å². The number of aromatic hydroxyl groups is 1. The lowest BCUT2D eigenvalue weighted by molar-refractivity contribution is -0.153. The van der Waals surface area contributed by atoms with Crippen molar-refractivity contribution in [3.8, 4) is 11.5 Å². The van der Waals surface area contributed by atoms with Gasteiger partial charge in [0.1, 0.15) is 29.6 Å². The number of hydrazine groups is 1. The molecule has 4 rings (SSSR count). The van der Waals surface area contributed by atoms with Crippen LogP contribution in [-0.2, 0) is 46.2 Å². The zero-order valence-electron chi connectivity index (χ0n) is 30.6. The third-order valence-corrected chi connectivity index (χ3v) is 9.50. The summed E-state index contributed by atoms with van der Waals surface area (Å²) in [6.07, 6.45) is 8.07. The third-order valence-electron chi connectivity index (χ3n) is 9.50. The molecular weight excluding hydrogens is 668 g/mol. The van der Waals surface area contributed by atoms with Crippen LogP contribution in [0.15, 0.2) is 72.8 Å². The molecule has 282 valence electrons. The second-order valence-corrected chi connectivity index (χ2v) is 13.2. The summed E-state index contributed by atoms with van der Waals surface area (Å²) in [6.45, 7) is 4.12. The molecule has 0 spiro atoms. The van der Waals surface area contributed by atoms with Crippen LogP contribution in [0.25, 0.3) is 0 Å². The summed E-state index contributed by atoms with van der Waals surface area (Å²) in [6, 6.07) is 10.6. The Morgan fingerprint density at radius 1 is 0.885 bits per heavy atom. The van der Waals surface area contributed by atoms with E-state index in [1.807, 2.05) is 31.2 Å². The van der Waals surface area contributed by atoms with Gasteiger partial charge in [-0.3, -0.25) is 24.2 Å². The molecule has 0 aliphatic carbocycles. The number of methoxy groups -OCH3 is 3. The molecule has 0 aromatic heterocycles. The molecule has 4 N–H and O–H groups in total. The zero-order valence-corrected chi connectivity index (χ0v) is 30.6. The van der Waals surface area contributed by atoms with Crippen LogP contribution < -0.4 is 20.8 Å². The standard InChI is InChI=1S/C39H52N4O9/c1-25-34(50-4)15-8-6-7-9-21-52-39(48)31-14-11-20-43(42-31)38(47)33(24-28-12-10-13-29(44)22-28)41-37(46)32(40-36(45)26(2)35(25)51-5)23-27-16-18-30(49-3)19-17-27/h6-8,10,12-13,15-19,22,25-26,31-35,42,44H,9,11,14,20-21,23-24H2,1-5H3,(H,40,45)(H,41,46)/b7-6+,15-8+/t25-,26+,31-,32-,33-,34-,35+/m0/s1. The molecule has 3 amide bonds. The number of cyclic esters (lactones) is 1. The van der Waals surface area contributed by atoms with Gasteiger partial charge >= 0.3 is 5.97 Å². The summed E-state index contributed by atoms with van der Waals surface area (Å²) >= 11 is 0. The lowest BCUT2D eigenvalue weighted by Gasteiger charge is -2.35. The van der Waals surface area contributed by atoms with E-state index in [0.29, 0.717) is 37.1 Å². The van der Waals surface area contributed by atoms with Crippen molar-refractivity contribution in [2.75, 3.05) is 34.5 Å². The second-order valence-electron chi connectivity index (χ2n) is 13.2. The van der Waals surface area contributed by atoms with Crippen LogP contribution in [0.3, 0.4) is 0 Å². The molecule has 1 fully saturated rings. The van der Waals surface area contributed by atoms with Gasteiger partial charge in [0.25, 0.3) is 5.91 Å². The van der Waals surface area contributed by atoms with Crippen molar-refractivity contribution >= 4 is 23.7 Å². The molecule has 7 atom stereocenters. The number of hydrogen-bond donors (Lipinski definition) is 4. The van der Waals surface area contributed by atoms with Crippen LogP contribution in [0.2, 0.25) is 0 Å². The molecule has 0 unspecified atom stereocenters. The molecule has 2 aliphatic heterocycles. The van der Waals surface area contributed by atoms with Gasteiger partial charge in [-0.1, -0.05) is 62.4 Å². The predicted molar refractivity (Wildman–Crippen MR) is 194 cm³/mol. The summed E-state index contributed by atoms with van der Waals surface area (Å²) < 4.78 is 22.4. The van der Waals surface area contributed by atoms with Crippen molar-refractivity contribution < 1.29 is 43.2 Å². The van der Waals surface area contributed by atoms with Gasteiger partial charge < -0.3 is 34.7 Å². The first-order valence-corrected chi connectivity index (χ1v) is 17.7. The lowest BCUT2D eigenvalue weighted by atomic mass is 9.87. The van der Waals surface area contributed by atoms with E-state index in [0.717, 1.165) is 5.56 Å². The third kappa shape index (κ3) is 11.1. The molecule has 2 bridgehead atoms. The number of benzene rings is 2. The Morgan fingerprint density at radius 3 is 2.31 bits per heavy atom. The highest BCUT2D eigenvalue weighted by Gasteiger charge is 2.37. The Hall–Kier alpha value is -4.72. The molecule has 13 heteroatoms. The maximum atomic E-state index is 14.3. The van der Waals surface area contributed by atoms with Gasteiger partial charge in [-0.25, -0.2) is 5.43 Å². The average Bonchev–Trinajstić information content (AvgIpc) is 3.15. The molecule has 2 heterocycles. The predicted octanol–water partition coefficient (Wildman–Crippen LogP) is 3.01. The monoisotopic (exact) mass is 720 g/mol. The number of esters is 1. The van der Waals surface area contributed by atoms with Crippen LogP contribution in [0, 0.1) is 11.8 Å². The number of nitrogens with one attached hydrogen (secondary N) is 3. The van der Waals surface area contributed by atoms with E-state index in [4.69, 9.17) is 18.9 Å². The smallest absolute Gasteiger partial charge is 0.324 e. The lowest BCUT2D eigenvalue weighted by Crippen LogP contribution is -2.62. The maximum absolute atomic E-state index is 14.3. The van der Waals surface area contributed by atoms with Crippen LogP contribution in [0.1, 0.15) is 44.2 Å². The first-order valence-electron chi connectivity index (χ1n) is 17.7. The van der Waals surface area contributed by atoms with Crippen molar-refractivity contribution in [1.29, 1.82) is 0 Å². The SMILES string of the molecule is COc1ccc(C[C@@H]2NC(=O)[C@H](C)[C@H](OC)[C@@H](C)[C@@H](OC)/C=C/C=C/CCOC(=O)[C@@H]3CCCN(N3)C(=O)[C@H](Cc3cccc(O)c3)NC2=O)cc1. The Morgan fingerprint density at radius 2 is 1.62 bits per heavy atom. The number of phenols is 1. The van der Waals surface area contributed by atoms with E-state index in [1.165, 1.54) is 24.3 Å². The molecule has 52 heavy (non-hydrogen) atoms. The molecule has 2 aromatic carbocycles. The number of hydrogen-bond acceptors (Lipinski definition) is 10. The van der Waals surface area contributed by atoms with Gasteiger partial charge in [0.05, 0.1) is 31.8 Å². The fourth-order valence-corrected chi connectivity index (χ4v) is 6.56. The van der Waals surface area contributed by atoms with Gasteiger partial charge in [0, 0.05) is 39.5 Å². The van der Waals surface area contributed by atoms with Crippen molar-refractivity contribution in [3.63, 3.8) is 0 Å². The van der Waals surface area contributed by atoms with E-state index >= 15 is 0 Å². The molecule has 2 aromatic rings. The normalized spacial score (nSPS) is 28.3. The molecule has 1 saturated heterocycles. The summed E-state index contributed by atoms with van der Waals surface area (Å²) in [5.41, 5.74) is 4.35. The van der Waals surface area contributed by atoms with Crippen LogP contribution in [0.5, 0.6) is 11.5 Å². The van der Waals surface area contributed by atoms with E-state index in [-0.39, 0.29) is 31.1 Å². The Balaban J connectivity index is 1.71. The van der Waals surface area contributed by atoms with E-state index in [1.54, 1.807) is 57.5 Å². The van der Waals surface area contributed by atoms with E-state index in [2.05, 4.69) is 16.1 Å². The van der Waals surface area contributed by atoms with Gasteiger partial charge in [0.15, 0.2) is 0 Å². The van der Waals surface area contributed by atoms with Crippen molar-refractivity contribution in [2.45, 2.75) is 76.3 Å². The van der Waals surface area contributed by atoms with Crippen LogP contribution >= 0.6 is 0 Å². The quantitative estimate of drug-likeness (QED) is 0.313. The molecule has 2 aliphatic rings. The highest BCUT2D eigenvalue weighted by molar-refractivity contribution is 5.93. The van der Waals surface area contributed by atoms with Crippen molar-refractivity contribution in [3.05, 3.63) is 84.0 Å². The maximum Gasteiger partial charge on any atom is 0.324 e. The summed E-state index contributed by atoms with van der Waals surface area (Å²) in [4.78, 5) is 55.4. The number of phenolic OH excluding ortho intramolecular Hbond substituents is 1. The molecular formula is C39H52N4O9. The molecule has 0 saturated carbocycles. The zero-order chi connectivity index (χ0) is 37.6. The first-order chi connectivity index (χ1) is 25.0. The van der Waals surface area contributed by atoms with E-state index in [9.17, 15) is 24.3 Å². The number of allylic oxidation sites excluding steroid dienone is 2. The number of amides is 3. The highest BCUT2D eigenvalue weighted by Crippen LogP contribution is 2.24. The highest BCUT2D eigenvalue weighted by atomic mass is 16.5. The number of rotatable bonds is 7. The first kappa shape index (κ1) is 40.1. The summed E-state index contributed by atoms with van der Waals surface area (Å²) in [5, 5.41) is 17.3. The number of ether oxygens (including phenoxy) is 4. The fourth-order valence-electron chi connectivity index (χ4n) is 6.56. The van der Waals surface area contributed by atoms with Gasteiger partial charge in [-0.2, -0.15) is 0 Å². The van der Waals surface area contributed by atoms with E-state index < -0.39 is 59.9 Å². The second kappa shape index (κ2) is 19.8. The molecule has 0 radical (unpaired) electrons. The average molecular weight is 721 g/mol. The van der Waals surface area contributed by atoms with Crippen molar-refractivity contribution in [2.24, 2.45) is 11.8 Å². The topological polar surface area (TPSA) is 165 Å². The summed E-state index contributed by atoms with van der Waals surface area (Å²) in [7, 11) is 4.67. The van der Waals surface area contributed by atoms with Gasteiger partial charge in [-0.15, -0.1) is 0 Å². The Kier molecular flexibility index (Phi) is 15.2. The minimum Gasteiger partial charge on any atom is -0.508 e. The fraction of sp³-hybridized carbons (Fsp3) is 0.487. The number of nitrogens with zero attached hydrogens (tertiary/aromatic N) is 1. The Labute approximate surface area is 305 Å².